The van der Waals surface area contributed by atoms with Crippen LogP contribution in [0.2, 0.25) is 0 Å². The maximum atomic E-state index is 12.3. The van der Waals surface area contributed by atoms with Gasteiger partial charge in [-0.2, -0.15) is 0 Å². The van der Waals surface area contributed by atoms with Gasteiger partial charge < -0.3 is 5.11 Å². The number of hydrogen-bond donors (Lipinski definition) is 2. The lowest BCUT2D eigenvalue weighted by molar-refractivity contribution is 0.0951. The summed E-state index contributed by atoms with van der Waals surface area (Å²) < 4.78 is 27.5. The van der Waals surface area contributed by atoms with Crippen LogP contribution < -0.4 is 4.72 Å². The summed E-state index contributed by atoms with van der Waals surface area (Å²) in [6, 6.07) is 9.89. The van der Waals surface area contributed by atoms with E-state index in [0.717, 1.165) is 23.8 Å². The Morgan fingerprint density at radius 1 is 1.17 bits per heavy atom. The first kappa shape index (κ1) is 16.6. The zero-order chi connectivity index (χ0) is 16.8. The fourth-order valence-electron chi connectivity index (χ4n) is 4.54. The summed E-state index contributed by atoms with van der Waals surface area (Å²) in [4.78, 5) is 0. The molecular formula is C19H27NO3S. The van der Waals surface area contributed by atoms with Crippen molar-refractivity contribution in [2.45, 2.75) is 50.0 Å². The van der Waals surface area contributed by atoms with Crippen molar-refractivity contribution in [1.82, 2.24) is 4.72 Å². The van der Waals surface area contributed by atoms with Crippen LogP contribution in [0.25, 0.3) is 0 Å². The third-order valence-electron chi connectivity index (χ3n) is 6.27. The molecule has 0 amide bonds. The molecule has 0 bridgehead atoms. The van der Waals surface area contributed by atoms with E-state index in [9.17, 15) is 13.5 Å². The molecule has 2 atom stereocenters. The smallest absolute Gasteiger partial charge is 0.211 e. The third kappa shape index (κ3) is 3.39. The van der Waals surface area contributed by atoms with E-state index in [-0.39, 0.29) is 23.8 Å². The van der Waals surface area contributed by atoms with Gasteiger partial charge in [0.2, 0.25) is 10.0 Å². The van der Waals surface area contributed by atoms with Crippen LogP contribution in [-0.4, -0.2) is 31.9 Å². The maximum Gasteiger partial charge on any atom is 0.211 e. The third-order valence-corrected chi connectivity index (χ3v) is 7.74. The molecule has 3 aliphatic rings. The van der Waals surface area contributed by atoms with E-state index in [0.29, 0.717) is 18.8 Å². The molecule has 0 unspecified atom stereocenters. The zero-order valence-corrected chi connectivity index (χ0v) is 14.8. The van der Waals surface area contributed by atoms with Crippen molar-refractivity contribution in [3.05, 3.63) is 35.9 Å². The molecule has 0 spiro atoms. The second kappa shape index (κ2) is 6.11. The minimum Gasteiger partial charge on any atom is -0.395 e. The number of sulfonamides is 1. The molecule has 4 nitrogen and oxygen atoms in total. The highest BCUT2D eigenvalue weighted by Gasteiger charge is 2.48. The van der Waals surface area contributed by atoms with E-state index in [2.05, 4.69) is 4.72 Å². The Kier molecular flexibility index (Phi) is 4.22. The van der Waals surface area contributed by atoms with Gasteiger partial charge in [0.1, 0.15) is 0 Å². The average molecular weight is 349 g/mol. The summed E-state index contributed by atoms with van der Waals surface area (Å²) in [5, 5.41) is 9.80. The molecular weight excluding hydrogens is 322 g/mol. The van der Waals surface area contributed by atoms with Gasteiger partial charge in [0.05, 0.1) is 12.4 Å². The van der Waals surface area contributed by atoms with Crippen LogP contribution in [0.3, 0.4) is 0 Å². The quantitative estimate of drug-likeness (QED) is 0.757. The predicted octanol–water partition coefficient (Wildman–Crippen LogP) is 2.43. The van der Waals surface area contributed by atoms with Crippen LogP contribution in [-0.2, 0) is 15.4 Å². The molecule has 0 radical (unpaired) electrons. The summed E-state index contributed by atoms with van der Waals surface area (Å²) in [7, 11) is -3.20. The first-order valence-corrected chi connectivity index (χ1v) is 10.8. The number of aliphatic hydroxyl groups excluding tert-OH is 1. The molecule has 0 saturated heterocycles. The van der Waals surface area contributed by atoms with E-state index < -0.39 is 10.0 Å². The van der Waals surface area contributed by atoms with Crippen molar-refractivity contribution < 1.29 is 13.5 Å². The molecule has 0 heterocycles. The molecule has 5 heteroatoms. The molecule has 1 aromatic rings. The highest BCUT2D eigenvalue weighted by molar-refractivity contribution is 7.89. The molecule has 0 aliphatic heterocycles. The minimum atomic E-state index is -3.20. The molecule has 4 rings (SSSR count). The fourth-order valence-corrected chi connectivity index (χ4v) is 5.94. The summed E-state index contributed by atoms with van der Waals surface area (Å²) in [6.45, 7) is 0.0698. The van der Waals surface area contributed by atoms with Gasteiger partial charge in [0.25, 0.3) is 0 Å². The van der Waals surface area contributed by atoms with Crippen LogP contribution in [0.4, 0.5) is 0 Å². The maximum absolute atomic E-state index is 12.3. The molecule has 24 heavy (non-hydrogen) atoms. The van der Waals surface area contributed by atoms with Crippen LogP contribution in [0.5, 0.6) is 0 Å². The lowest BCUT2D eigenvalue weighted by Gasteiger charge is -2.47. The van der Waals surface area contributed by atoms with E-state index in [1.165, 1.54) is 19.3 Å². The van der Waals surface area contributed by atoms with Crippen LogP contribution in [0.1, 0.15) is 44.1 Å². The van der Waals surface area contributed by atoms with Gasteiger partial charge in [-0.1, -0.05) is 30.3 Å². The van der Waals surface area contributed by atoms with Gasteiger partial charge in [-0.05, 0) is 61.8 Å². The van der Waals surface area contributed by atoms with E-state index >= 15 is 0 Å². The van der Waals surface area contributed by atoms with Crippen LogP contribution >= 0.6 is 0 Å². The highest BCUT2D eigenvalue weighted by Crippen LogP contribution is 2.55. The largest absolute Gasteiger partial charge is 0.395 e. The summed E-state index contributed by atoms with van der Waals surface area (Å²) >= 11 is 0. The minimum absolute atomic E-state index is 0.0409. The molecule has 3 aliphatic carbocycles. The van der Waals surface area contributed by atoms with Crippen molar-refractivity contribution in [1.29, 1.82) is 0 Å². The van der Waals surface area contributed by atoms with Crippen LogP contribution in [0.15, 0.2) is 30.3 Å². The van der Waals surface area contributed by atoms with Gasteiger partial charge in [-0.3, -0.25) is 0 Å². The summed E-state index contributed by atoms with van der Waals surface area (Å²) in [5.41, 5.74) is 0.829. The molecule has 3 fully saturated rings. The molecule has 0 aromatic heterocycles. The molecule has 132 valence electrons. The highest BCUT2D eigenvalue weighted by atomic mass is 32.2. The monoisotopic (exact) mass is 349 g/mol. The SMILES string of the molecule is O=S(=O)(CC[C@@H]1C[C@H]1C1CC1)NC1CC(CO)(c2ccccc2)C1. The van der Waals surface area contributed by atoms with Gasteiger partial charge >= 0.3 is 0 Å². The van der Waals surface area contributed by atoms with Gasteiger partial charge in [-0.15, -0.1) is 0 Å². The predicted molar refractivity (Wildman–Crippen MR) is 94.1 cm³/mol. The lowest BCUT2D eigenvalue weighted by Crippen LogP contribution is -2.55. The van der Waals surface area contributed by atoms with Crippen molar-refractivity contribution in [3.8, 4) is 0 Å². The lowest BCUT2D eigenvalue weighted by atomic mass is 9.62. The number of rotatable bonds is 8. The van der Waals surface area contributed by atoms with Crippen molar-refractivity contribution >= 4 is 10.0 Å². The first-order valence-electron chi connectivity index (χ1n) is 9.18. The average Bonchev–Trinajstić information content (AvgIpc) is 3.42. The van der Waals surface area contributed by atoms with E-state index in [4.69, 9.17) is 0 Å². The van der Waals surface area contributed by atoms with Crippen molar-refractivity contribution in [2.75, 3.05) is 12.4 Å². The van der Waals surface area contributed by atoms with Gasteiger partial charge in [0, 0.05) is 11.5 Å². The van der Waals surface area contributed by atoms with Crippen molar-refractivity contribution in [3.63, 3.8) is 0 Å². The zero-order valence-electron chi connectivity index (χ0n) is 14.0. The Balaban J connectivity index is 1.27. The Bertz CT molecular complexity index is 678. The Morgan fingerprint density at radius 3 is 2.50 bits per heavy atom. The Morgan fingerprint density at radius 2 is 1.88 bits per heavy atom. The fraction of sp³-hybridized carbons (Fsp3) is 0.684. The normalized spacial score (nSPS) is 35.5. The summed E-state index contributed by atoms with van der Waals surface area (Å²) in [5.74, 6) is 2.64. The van der Waals surface area contributed by atoms with Gasteiger partial charge in [-0.25, -0.2) is 13.1 Å². The van der Waals surface area contributed by atoms with Crippen LogP contribution in [0, 0.1) is 17.8 Å². The number of nitrogens with one attached hydrogen (secondary N) is 1. The summed E-state index contributed by atoms with van der Waals surface area (Å²) in [6.07, 6.45) is 6.13. The second-order valence-corrected chi connectivity index (χ2v) is 10.0. The number of benzene rings is 1. The first-order chi connectivity index (χ1) is 11.5. The second-order valence-electron chi connectivity index (χ2n) is 8.13. The Labute approximate surface area is 144 Å². The molecule has 3 saturated carbocycles. The Hall–Kier alpha value is -0.910. The van der Waals surface area contributed by atoms with Crippen molar-refractivity contribution in [2.24, 2.45) is 17.8 Å². The molecule has 1 aromatic carbocycles. The standard InChI is InChI=1S/C19H27NO3S/c21-13-19(16-4-2-1-3-5-16)11-17(12-19)20-24(22,23)9-8-15-10-18(15)14-6-7-14/h1-5,14-15,17-18,20-21H,6-13H2/t15-,17?,18+,19?/m1/s1. The number of hydrogen-bond acceptors (Lipinski definition) is 3. The van der Waals surface area contributed by atoms with Gasteiger partial charge in [0.15, 0.2) is 0 Å². The van der Waals surface area contributed by atoms with E-state index in [1.54, 1.807) is 0 Å². The van der Waals surface area contributed by atoms with E-state index in [1.807, 2.05) is 30.3 Å². The number of aliphatic hydroxyl groups is 1. The molecule has 2 N–H and O–H groups in total. The topological polar surface area (TPSA) is 66.4 Å².